The third-order valence-corrected chi connectivity index (χ3v) is 1.79. The number of halogens is 2. The van der Waals surface area contributed by atoms with Crippen molar-refractivity contribution in [1.29, 1.82) is 0 Å². The summed E-state index contributed by atoms with van der Waals surface area (Å²) in [5, 5.41) is 0. The summed E-state index contributed by atoms with van der Waals surface area (Å²) in [4.78, 5) is 0. The number of hydrogen-bond acceptors (Lipinski definition) is 1. The maximum absolute atomic E-state index is 11.3. The Labute approximate surface area is 52.4 Å². The second-order valence-electron chi connectivity index (χ2n) is 0.990. The molecule has 0 unspecified atom stereocenters. The first kappa shape index (κ1) is 7.57. The van der Waals surface area contributed by atoms with Crippen molar-refractivity contribution in [2.24, 2.45) is 0 Å². The lowest BCUT2D eigenvalue weighted by Gasteiger charge is -1.88. The minimum absolute atomic E-state index is 0.235. The summed E-state index contributed by atoms with van der Waals surface area (Å²) >= 11 is 6.84. The third kappa shape index (κ3) is 6.57. The van der Waals surface area contributed by atoms with Crippen molar-refractivity contribution in [2.45, 2.75) is 0 Å². The van der Waals surface area contributed by atoms with Gasteiger partial charge in [0.15, 0.2) is 0 Å². The van der Waals surface area contributed by atoms with Crippen molar-refractivity contribution in [1.82, 2.24) is 0 Å². The van der Waals surface area contributed by atoms with Gasteiger partial charge in [-0.1, -0.05) is 0 Å². The summed E-state index contributed by atoms with van der Waals surface area (Å²) in [7, 11) is 0. The molecule has 0 bridgehead atoms. The lowest BCUT2D eigenvalue weighted by Crippen LogP contribution is -1.83. The molecule has 0 aromatic carbocycles. The Morgan fingerprint density at radius 1 is 1.43 bits per heavy atom. The van der Waals surface area contributed by atoms with E-state index in [1.54, 1.807) is 11.8 Å². The first-order valence-corrected chi connectivity index (χ1v) is 3.80. The Morgan fingerprint density at radius 3 is 2.57 bits per heavy atom. The van der Waals surface area contributed by atoms with Gasteiger partial charge in [0.1, 0.15) is 0 Å². The molecule has 0 atom stereocenters. The van der Waals surface area contributed by atoms with E-state index in [0.29, 0.717) is 11.6 Å². The van der Waals surface area contributed by atoms with Gasteiger partial charge in [0, 0.05) is 17.4 Å². The minimum atomic E-state index is -0.235. The Balaban J connectivity index is 2.45. The van der Waals surface area contributed by atoms with E-state index < -0.39 is 0 Å². The van der Waals surface area contributed by atoms with Gasteiger partial charge in [-0.3, -0.25) is 4.39 Å². The summed E-state index contributed by atoms with van der Waals surface area (Å²) < 4.78 is 11.3. The van der Waals surface area contributed by atoms with Crippen LogP contribution in [0, 0.1) is 0 Å². The molecule has 0 aliphatic rings. The fraction of sp³-hybridized carbons (Fsp3) is 1.00. The predicted octanol–water partition coefficient (Wildman–Crippen LogP) is 1.93. The monoisotopic (exact) mass is 142 g/mol. The summed E-state index contributed by atoms with van der Waals surface area (Å²) in [6.45, 7) is -0.235. The van der Waals surface area contributed by atoms with Crippen molar-refractivity contribution in [3.63, 3.8) is 0 Å². The Bertz CT molecular complexity index is 30.9. The second kappa shape index (κ2) is 6.57. The standard InChI is InChI=1S/C4H8ClFS/c5-1-3-7-4-2-6/h1-4H2. The quantitative estimate of drug-likeness (QED) is 0.427. The number of alkyl halides is 2. The number of thioether (sulfide) groups is 1. The van der Waals surface area contributed by atoms with E-state index in [2.05, 4.69) is 0 Å². The zero-order valence-electron chi connectivity index (χ0n) is 3.99. The van der Waals surface area contributed by atoms with Crippen molar-refractivity contribution in [3.05, 3.63) is 0 Å². The Hall–Kier alpha value is 0.570. The normalized spacial score (nSPS) is 9.43. The largest absolute Gasteiger partial charge is 0.250 e. The second-order valence-corrected chi connectivity index (χ2v) is 2.59. The van der Waals surface area contributed by atoms with E-state index >= 15 is 0 Å². The van der Waals surface area contributed by atoms with Crippen LogP contribution in [-0.2, 0) is 0 Å². The van der Waals surface area contributed by atoms with Crippen molar-refractivity contribution in [2.75, 3.05) is 24.1 Å². The molecule has 0 spiro atoms. The van der Waals surface area contributed by atoms with Crippen molar-refractivity contribution < 1.29 is 4.39 Å². The molecular weight excluding hydrogens is 135 g/mol. The summed E-state index contributed by atoms with van der Waals surface area (Å²) in [6, 6.07) is 0. The highest BCUT2D eigenvalue weighted by Crippen LogP contribution is 1.98. The molecule has 3 heteroatoms. The molecule has 7 heavy (non-hydrogen) atoms. The van der Waals surface area contributed by atoms with Crippen LogP contribution in [0.1, 0.15) is 0 Å². The lowest BCUT2D eigenvalue weighted by atomic mass is 10.9. The van der Waals surface area contributed by atoms with E-state index in [4.69, 9.17) is 11.6 Å². The first-order valence-electron chi connectivity index (χ1n) is 2.11. The zero-order valence-corrected chi connectivity index (χ0v) is 5.57. The smallest absolute Gasteiger partial charge is 0.0984 e. The van der Waals surface area contributed by atoms with Gasteiger partial charge in [0.05, 0.1) is 6.67 Å². The topological polar surface area (TPSA) is 0 Å². The molecular formula is C4H8ClFS. The van der Waals surface area contributed by atoms with Crippen LogP contribution in [0.4, 0.5) is 4.39 Å². The average molecular weight is 143 g/mol. The molecule has 0 rings (SSSR count). The van der Waals surface area contributed by atoms with Crippen molar-refractivity contribution in [3.8, 4) is 0 Å². The van der Waals surface area contributed by atoms with Gasteiger partial charge in [-0.25, -0.2) is 0 Å². The van der Waals surface area contributed by atoms with E-state index in [1.807, 2.05) is 0 Å². The highest BCUT2D eigenvalue weighted by atomic mass is 35.5. The van der Waals surface area contributed by atoms with Gasteiger partial charge in [-0.05, 0) is 0 Å². The van der Waals surface area contributed by atoms with Crippen LogP contribution in [0.25, 0.3) is 0 Å². The predicted molar refractivity (Wildman–Crippen MR) is 34.0 cm³/mol. The van der Waals surface area contributed by atoms with Crippen LogP contribution in [-0.4, -0.2) is 24.1 Å². The first-order chi connectivity index (χ1) is 3.41. The van der Waals surface area contributed by atoms with Crippen LogP contribution in [0.2, 0.25) is 0 Å². The summed E-state index contributed by atoms with van der Waals surface area (Å²) in [5.74, 6) is 2.09. The van der Waals surface area contributed by atoms with E-state index in [-0.39, 0.29) is 6.67 Å². The van der Waals surface area contributed by atoms with Crippen LogP contribution < -0.4 is 0 Å². The van der Waals surface area contributed by atoms with Crippen LogP contribution >= 0.6 is 23.4 Å². The molecule has 0 heterocycles. The molecule has 0 aromatic heterocycles. The van der Waals surface area contributed by atoms with Crippen LogP contribution in [0.15, 0.2) is 0 Å². The van der Waals surface area contributed by atoms with Gasteiger partial charge in [0.2, 0.25) is 0 Å². The van der Waals surface area contributed by atoms with E-state index in [1.165, 1.54) is 0 Å². The van der Waals surface area contributed by atoms with E-state index in [0.717, 1.165) is 5.75 Å². The fourth-order valence-corrected chi connectivity index (χ4v) is 0.961. The molecule has 0 radical (unpaired) electrons. The van der Waals surface area contributed by atoms with Gasteiger partial charge in [-0.2, -0.15) is 11.8 Å². The summed E-state index contributed by atoms with van der Waals surface area (Å²) in [5.41, 5.74) is 0. The Morgan fingerprint density at radius 2 is 2.14 bits per heavy atom. The molecule has 0 fully saturated rings. The fourth-order valence-electron chi connectivity index (χ4n) is 0.211. The Kier molecular flexibility index (Phi) is 7.10. The number of rotatable bonds is 4. The molecule has 0 aliphatic heterocycles. The highest BCUT2D eigenvalue weighted by Gasteiger charge is 1.82. The zero-order chi connectivity index (χ0) is 5.54. The molecule has 0 aliphatic carbocycles. The maximum Gasteiger partial charge on any atom is 0.0984 e. The van der Waals surface area contributed by atoms with Crippen LogP contribution in [0.3, 0.4) is 0 Å². The van der Waals surface area contributed by atoms with Gasteiger partial charge >= 0.3 is 0 Å². The average Bonchev–Trinajstić information content (AvgIpc) is 1.69. The molecule has 0 saturated heterocycles. The molecule has 0 N–H and O–H groups in total. The molecule has 0 aromatic rings. The maximum atomic E-state index is 11.3. The van der Waals surface area contributed by atoms with E-state index in [9.17, 15) is 4.39 Å². The molecule has 0 saturated carbocycles. The number of hydrogen-bond donors (Lipinski definition) is 0. The SMILES string of the molecule is FCCSCCCl. The van der Waals surface area contributed by atoms with Crippen LogP contribution in [0.5, 0.6) is 0 Å². The summed E-state index contributed by atoms with van der Waals surface area (Å²) in [6.07, 6.45) is 0. The molecule has 0 nitrogen and oxygen atoms in total. The van der Waals surface area contributed by atoms with Gasteiger partial charge < -0.3 is 0 Å². The van der Waals surface area contributed by atoms with Gasteiger partial charge in [-0.15, -0.1) is 11.6 Å². The third-order valence-electron chi connectivity index (χ3n) is 0.443. The lowest BCUT2D eigenvalue weighted by molar-refractivity contribution is 0.533. The molecule has 44 valence electrons. The highest BCUT2D eigenvalue weighted by molar-refractivity contribution is 7.99. The molecule has 0 amide bonds. The van der Waals surface area contributed by atoms with Gasteiger partial charge in [0.25, 0.3) is 0 Å². The minimum Gasteiger partial charge on any atom is -0.250 e. The van der Waals surface area contributed by atoms with Crippen molar-refractivity contribution >= 4 is 23.4 Å².